The molecule has 0 saturated carbocycles. The zero-order chi connectivity index (χ0) is 101. The molecule has 3 aromatic heterocycles. The van der Waals surface area contributed by atoms with Gasteiger partial charge in [-0.2, -0.15) is 0 Å². The maximum absolute atomic E-state index is 13.2. The molecule has 0 fully saturated rings. The second kappa shape index (κ2) is 46.8. The summed E-state index contributed by atoms with van der Waals surface area (Å²) in [6.07, 6.45) is -0.294. The normalized spacial score (nSPS) is 17.8. The number of halogens is 1. The number of sulfonamides is 3. The number of carboxylic acids is 2. The zero-order valence-electron chi connectivity index (χ0n) is 75.5. The van der Waals surface area contributed by atoms with Gasteiger partial charge in [-0.05, 0) is 157 Å². The number of hydrogen-bond donors (Lipinski definition) is 8. The first kappa shape index (κ1) is 109. The summed E-state index contributed by atoms with van der Waals surface area (Å²) in [5.74, 6) is -5.46. The monoisotopic (exact) mass is 2090 g/mol. The number of thiophene rings is 3. The highest BCUT2D eigenvalue weighted by atomic mass is 35.5. The van der Waals surface area contributed by atoms with Crippen molar-refractivity contribution in [3.05, 3.63) is 214 Å². The van der Waals surface area contributed by atoms with Crippen molar-refractivity contribution < 1.29 is 132 Å². The number of likely N-dealkylation sites (N-methyl/N-ethyl adjacent to an activating group) is 2. The van der Waals surface area contributed by atoms with Crippen molar-refractivity contribution in [2.24, 2.45) is 21.2 Å². The van der Waals surface area contributed by atoms with E-state index in [0.717, 1.165) is 51.6 Å². The second-order valence-electron chi connectivity index (χ2n) is 32.1. The van der Waals surface area contributed by atoms with Gasteiger partial charge in [0.2, 0.25) is 47.1 Å². The molecule has 0 unspecified atom stereocenters. The lowest BCUT2D eigenvalue weighted by Crippen LogP contribution is -2.44. The van der Waals surface area contributed by atoms with Crippen LogP contribution >= 0.6 is 45.6 Å². The van der Waals surface area contributed by atoms with Gasteiger partial charge in [-0.1, -0.05) is 153 Å². The number of carbonyl (C=O) groups is 10. The molecule has 742 valence electrons. The molecule has 3 aliphatic heterocycles. The molecule has 15 rings (SSSR count). The van der Waals surface area contributed by atoms with Gasteiger partial charge in [0.1, 0.15) is 51.6 Å². The quantitative estimate of drug-likeness (QED) is 0.0128. The van der Waals surface area contributed by atoms with Crippen LogP contribution in [0.25, 0.3) is 33.4 Å². The number of nitrogens with two attached hydrogens (primary N) is 4. The van der Waals surface area contributed by atoms with Crippen LogP contribution in [-0.2, 0) is 126 Å². The summed E-state index contributed by atoms with van der Waals surface area (Å²) >= 11 is 7.21. The molecule has 0 bridgehead atoms. The van der Waals surface area contributed by atoms with E-state index in [-0.39, 0.29) is 139 Å². The van der Waals surface area contributed by atoms with E-state index < -0.39 is 154 Å². The molecule has 3 amide bonds. The molecular formula is C91H103ClN8O29S9. The molecule has 6 atom stereocenters. The number of hydrogen-bond acceptors (Lipinski definition) is 32. The Morgan fingerprint density at radius 1 is 0.428 bits per heavy atom. The van der Waals surface area contributed by atoms with E-state index in [0.29, 0.717) is 53.3 Å². The van der Waals surface area contributed by atoms with Gasteiger partial charge in [0.15, 0.2) is 42.7 Å². The fraction of sp³-hybridized carbons (Fsp3) is 0.363. The Bertz CT molecular complexity index is 6570. The van der Waals surface area contributed by atoms with Gasteiger partial charge in [-0.15, -0.1) is 34.0 Å². The van der Waals surface area contributed by atoms with Gasteiger partial charge in [0, 0.05) is 66.9 Å². The molecule has 0 saturated heterocycles. The standard InChI is InChI=1S/C27H29N3O7S3.C18H15ClO3.C18H16O4.C12H19N3O5S3.C10H16N2O4S3.C6H8O6/c1-3-30(23-12-16(2)39(33,34)26-21(23)13-25(38-26)40(28,35)36)24(31)14-29-27(32)37-15-22-19-10-6-4-8-17(19)18-9-5-7-11-20(18)22;2*19-17(20)9-10-18(21)22-11-16-14-7-3-1-5-12(14)13-6-2-4-8-15(13)16;1-3-15(10(16)6-13)9-4-7(2)22(17,18)12-8(9)5-11(21-12)23(14,19)20;1-3-12-8-4-6(2)18(13,14)10-7(8)5-9(17-10)19(11,15)16;1-4(7)11-3-6(10)12-2-5(8)9/h4-11,13,16,22-23H,3,12,14-15H2,1-2H3,(H,29,32)(H2,28,35,36);1-8,16H,9-11H2;1-8,16H,9-11H2,(H,19,20);5,7,9H,3-4,6,13H2,1-2H3,(H2,14,19,20);5-6,8,12H,3-4H2,1-2H3,(H2,11,15,16);2-3H2,1H3,(H,8,9)/t16-,23-;;;7-,9-;6-,8-;/m0..00./s1. The van der Waals surface area contributed by atoms with Crippen molar-refractivity contribution in [3.63, 3.8) is 0 Å². The highest BCUT2D eigenvalue weighted by molar-refractivity contribution is 7.96. The van der Waals surface area contributed by atoms with Gasteiger partial charge < -0.3 is 60.1 Å². The smallest absolute Gasteiger partial charge is 0.407 e. The van der Waals surface area contributed by atoms with Crippen LogP contribution in [0, 0.1) is 0 Å². The number of benzene rings is 6. The van der Waals surface area contributed by atoms with Gasteiger partial charge >= 0.3 is 41.9 Å². The number of sulfone groups is 3. The van der Waals surface area contributed by atoms with E-state index in [1.165, 1.54) is 68.3 Å². The molecule has 12 N–H and O–H groups in total. The highest BCUT2D eigenvalue weighted by Crippen LogP contribution is 2.51. The molecule has 6 aromatic carbocycles. The number of alkyl carbamates (subject to hydrolysis) is 1. The first-order chi connectivity index (χ1) is 65.0. The van der Waals surface area contributed by atoms with E-state index in [1.54, 1.807) is 27.7 Å². The first-order valence-electron chi connectivity index (χ1n) is 42.9. The summed E-state index contributed by atoms with van der Waals surface area (Å²) in [7, 11) is -22.9. The van der Waals surface area contributed by atoms with Gasteiger partial charge in [-0.3, -0.25) is 33.6 Å². The fourth-order valence-electron chi connectivity index (χ4n) is 16.5. The Kier molecular flexibility index (Phi) is 36.9. The lowest BCUT2D eigenvalue weighted by atomic mass is 9.98. The largest absolute Gasteiger partial charge is 0.481 e. The molecule has 6 aliphatic rings. The van der Waals surface area contributed by atoms with Crippen LogP contribution in [0.15, 0.2) is 189 Å². The van der Waals surface area contributed by atoms with Crippen molar-refractivity contribution in [1.82, 2.24) is 20.4 Å². The number of rotatable bonds is 28. The van der Waals surface area contributed by atoms with Crippen molar-refractivity contribution in [2.75, 3.05) is 65.8 Å². The third-order valence-electron chi connectivity index (χ3n) is 23.1. The Balaban J connectivity index is 0.000000177. The number of aliphatic carboxylic acids is 2. The third-order valence-corrected chi connectivity index (χ3v) is 39.2. The maximum Gasteiger partial charge on any atom is 0.407 e. The molecule has 6 heterocycles. The fourth-order valence-corrected chi connectivity index (χ4v) is 29.8. The number of carbonyl (C=O) groups excluding carboxylic acids is 8. The number of nitrogens with one attached hydrogen (secondary N) is 2. The number of fused-ring (bicyclic) bond motifs is 12. The first-order valence-corrected chi connectivity index (χ1v) is 55.0. The summed E-state index contributed by atoms with van der Waals surface area (Å²) in [5, 5.41) is 35.2. The number of esters is 4. The predicted octanol–water partition coefficient (Wildman–Crippen LogP) is 10.1. The van der Waals surface area contributed by atoms with Crippen LogP contribution in [0.3, 0.4) is 0 Å². The maximum atomic E-state index is 13.2. The van der Waals surface area contributed by atoms with Crippen molar-refractivity contribution >= 4 is 164 Å². The average Bonchev–Trinajstić information content (AvgIpc) is 1.57. The van der Waals surface area contributed by atoms with Crippen LogP contribution in [0.2, 0.25) is 0 Å². The van der Waals surface area contributed by atoms with E-state index >= 15 is 0 Å². The van der Waals surface area contributed by atoms with Crippen molar-refractivity contribution in [3.8, 4) is 33.4 Å². The summed E-state index contributed by atoms with van der Waals surface area (Å²) in [6, 6.07) is 50.9. The Hall–Kier alpha value is -11.1. The minimum absolute atomic E-state index is 0.0121. The molecule has 37 nitrogen and oxygen atoms in total. The van der Waals surface area contributed by atoms with Gasteiger partial charge in [0.05, 0.1) is 53.6 Å². The number of nitrogens with zero attached hydrogens (tertiary/aromatic N) is 2. The van der Waals surface area contributed by atoms with E-state index in [9.17, 15) is 98.5 Å². The number of carboxylic acid groups (broad SMARTS) is 2. The molecule has 0 radical (unpaired) electrons. The molecular weight excluding hydrogens is 1990 g/mol. The Labute approximate surface area is 815 Å². The Morgan fingerprint density at radius 2 is 0.754 bits per heavy atom. The summed E-state index contributed by atoms with van der Waals surface area (Å²) in [5.41, 5.74) is 20.2. The minimum Gasteiger partial charge on any atom is -0.481 e. The van der Waals surface area contributed by atoms with Crippen LogP contribution in [0.4, 0.5) is 4.79 Å². The summed E-state index contributed by atoms with van der Waals surface area (Å²) in [6.45, 7) is 11.2. The molecule has 138 heavy (non-hydrogen) atoms. The lowest BCUT2D eigenvalue weighted by Gasteiger charge is -2.36. The Morgan fingerprint density at radius 3 is 1.07 bits per heavy atom. The van der Waals surface area contributed by atoms with E-state index in [2.05, 4.69) is 56.5 Å². The molecule has 0 spiro atoms. The SMILES string of the molecule is CC(=O)OCC(=O)OCC(=O)O.CCN(C(=O)CN)[C@H]1C[C@H](C)S(=O)(=O)c2sc(S(N)(=O)=O)cc21.CCN(C(=O)CNC(=O)OCC1c2ccccc2-c2ccccc21)[C@H]1C[C@H](C)S(=O)(=O)c2sc(S(N)(=O)=O)cc21.CCN[C@H]1C[C@H](C)S(=O)(=O)c2sc(S(N)(=O)=O)cc21.O=C(Cl)CCC(=O)OCC1c2ccccc2-c2ccccc21.O=C(O)CCC(=O)OCC1c2ccccc2-c2ccccc21. The number of ether oxygens (including phenoxy) is 5. The third kappa shape index (κ3) is 26.3. The van der Waals surface area contributed by atoms with Crippen molar-refractivity contribution in [1.29, 1.82) is 0 Å². The van der Waals surface area contributed by atoms with Crippen LogP contribution in [-0.4, -0.2) is 211 Å². The molecule has 9 aromatic rings. The van der Waals surface area contributed by atoms with Crippen LogP contribution in [0.1, 0.15) is 179 Å². The van der Waals surface area contributed by atoms with Gasteiger partial charge in [-0.25, -0.2) is 80.3 Å². The van der Waals surface area contributed by atoms with Gasteiger partial charge in [0.25, 0.3) is 0 Å². The zero-order valence-corrected chi connectivity index (χ0v) is 83.6. The number of primary sulfonamides is 3. The minimum atomic E-state index is -4.14. The molecule has 47 heteroatoms. The highest BCUT2D eigenvalue weighted by Gasteiger charge is 2.46. The second-order valence-corrected chi connectivity index (χ2v) is 48.7. The van der Waals surface area contributed by atoms with Crippen LogP contribution < -0.4 is 31.8 Å². The number of amides is 3. The molecule has 3 aliphatic carbocycles. The summed E-state index contributed by atoms with van der Waals surface area (Å²) in [4.78, 5) is 116. The van der Waals surface area contributed by atoms with E-state index in [4.69, 9.17) is 57.2 Å². The van der Waals surface area contributed by atoms with Crippen LogP contribution in [0.5, 0.6) is 0 Å². The topological polar surface area (TPSA) is 597 Å². The van der Waals surface area contributed by atoms with Crippen molar-refractivity contribution in [2.45, 2.75) is 170 Å². The average molecular weight is 2100 g/mol. The summed E-state index contributed by atoms with van der Waals surface area (Å²) < 4.78 is 169. The lowest BCUT2D eigenvalue weighted by molar-refractivity contribution is -0.162. The predicted molar refractivity (Wildman–Crippen MR) is 511 cm³/mol. The van der Waals surface area contributed by atoms with E-state index in [1.807, 2.05) is 116 Å².